The molecule has 10 heteroatoms. The Labute approximate surface area is 179 Å². The quantitative estimate of drug-likeness (QED) is 0.735. The molecule has 3 N–H and O–H groups in total. The highest BCUT2D eigenvalue weighted by Crippen LogP contribution is 2.27. The third-order valence-corrected chi connectivity index (χ3v) is 5.23. The molecule has 1 saturated heterocycles. The molecule has 0 radical (unpaired) electrons. The summed E-state index contributed by atoms with van der Waals surface area (Å²) in [4.78, 5) is 30.8. The summed E-state index contributed by atoms with van der Waals surface area (Å²) < 4.78 is 13.9. The molecule has 0 bridgehead atoms. The van der Waals surface area contributed by atoms with Crippen molar-refractivity contribution in [3.8, 4) is 10.6 Å². The van der Waals surface area contributed by atoms with Gasteiger partial charge >= 0.3 is 0 Å². The average molecular weight is 449 g/mol. The minimum atomic E-state index is -0.365. The molecule has 1 aromatic carbocycles. The standard InChI is InChI=1S/C18H21FN4O2S.2ClH/c19-14-6-2-1-5-13(14)17-22-15(11-26-17)18(25)23-9-3-4-12(10-23)16(24)21-8-7-20;;/h1-2,5-6,11-12H,3-4,7-10,20H2,(H,21,24);2*1H. The first-order chi connectivity index (χ1) is 12.6. The second-order valence-corrected chi connectivity index (χ2v) is 7.05. The highest BCUT2D eigenvalue weighted by atomic mass is 35.5. The van der Waals surface area contributed by atoms with Gasteiger partial charge in [-0.15, -0.1) is 36.2 Å². The molecule has 2 amide bonds. The fraction of sp³-hybridized carbons (Fsp3) is 0.389. The Morgan fingerprint density at radius 3 is 2.79 bits per heavy atom. The molecule has 2 heterocycles. The third-order valence-electron chi connectivity index (χ3n) is 4.35. The van der Waals surface area contributed by atoms with Crippen LogP contribution in [0.2, 0.25) is 0 Å². The van der Waals surface area contributed by atoms with E-state index in [1.807, 2.05) is 0 Å². The van der Waals surface area contributed by atoms with Gasteiger partial charge in [-0.3, -0.25) is 9.59 Å². The predicted octanol–water partition coefficient (Wildman–Crippen LogP) is 2.72. The van der Waals surface area contributed by atoms with Gasteiger partial charge in [0, 0.05) is 37.1 Å². The predicted molar refractivity (Wildman–Crippen MR) is 113 cm³/mol. The number of hydrogen-bond acceptors (Lipinski definition) is 5. The lowest BCUT2D eigenvalue weighted by Gasteiger charge is -2.31. The number of aromatic nitrogens is 1. The lowest BCUT2D eigenvalue weighted by Crippen LogP contribution is -2.46. The van der Waals surface area contributed by atoms with E-state index in [-0.39, 0.29) is 54.1 Å². The second-order valence-electron chi connectivity index (χ2n) is 6.19. The van der Waals surface area contributed by atoms with Crippen LogP contribution in [-0.2, 0) is 4.79 Å². The van der Waals surface area contributed by atoms with E-state index < -0.39 is 0 Å². The summed E-state index contributed by atoms with van der Waals surface area (Å²) in [5.41, 5.74) is 6.08. The summed E-state index contributed by atoms with van der Waals surface area (Å²) in [6.45, 7) is 1.77. The van der Waals surface area contributed by atoms with Crippen molar-refractivity contribution in [2.45, 2.75) is 12.8 Å². The maximum atomic E-state index is 13.9. The fourth-order valence-electron chi connectivity index (χ4n) is 3.01. The van der Waals surface area contributed by atoms with E-state index in [1.165, 1.54) is 17.4 Å². The topological polar surface area (TPSA) is 88.3 Å². The summed E-state index contributed by atoms with van der Waals surface area (Å²) in [5.74, 6) is -0.891. The van der Waals surface area contributed by atoms with Crippen molar-refractivity contribution in [1.29, 1.82) is 0 Å². The third kappa shape index (κ3) is 5.64. The number of piperidine rings is 1. The van der Waals surface area contributed by atoms with Gasteiger partial charge in [0.2, 0.25) is 5.91 Å². The lowest BCUT2D eigenvalue weighted by atomic mass is 9.97. The van der Waals surface area contributed by atoms with E-state index >= 15 is 0 Å². The number of amides is 2. The molecule has 0 spiro atoms. The molecule has 1 aliphatic heterocycles. The summed E-state index contributed by atoms with van der Waals surface area (Å²) in [7, 11) is 0. The highest BCUT2D eigenvalue weighted by Gasteiger charge is 2.29. The molecule has 28 heavy (non-hydrogen) atoms. The summed E-state index contributed by atoms with van der Waals surface area (Å²) >= 11 is 1.24. The van der Waals surface area contributed by atoms with Crippen LogP contribution in [-0.4, -0.2) is 47.9 Å². The normalized spacial score (nSPS) is 15.9. The van der Waals surface area contributed by atoms with Crippen LogP contribution < -0.4 is 11.1 Å². The van der Waals surface area contributed by atoms with Crippen molar-refractivity contribution in [3.05, 3.63) is 41.2 Å². The van der Waals surface area contributed by atoms with Gasteiger partial charge in [0.25, 0.3) is 5.91 Å². The Bertz CT molecular complexity index is 805. The molecule has 1 aromatic heterocycles. The van der Waals surface area contributed by atoms with Crippen molar-refractivity contribution in [2.75, 3.05) is 26.2 Å². The first-order valence-electron chi connectivity index (χ1n) is 8.57. The largest absolute Gasteiger partial charge is 0.355 e. The molecule has 154 valence electrons. The van der Waals surface area contributed by atoms with Gasteiger partial charge in [0.15, 0.2) is 0 Å². The number of hydrogen-bond donors (Lipinski definition) is 2. The molecule has 1 aliphatic rings. The number of likely N-dealkylation sites (tertiary alicyclic amines) is 1. The monoisotopic (exact) mass is 448 g/mol. The van der Waals surface area contributed by atoms with Gasteiger partial charge in [0.1, 0.15) is 16.5 Å². The van der Waals surface area contributed by atoms with Crippen molar-refractivity contribution >= 4 is 48.0 Å². The summed E-state index contributed by atoms with van der Waals surface area (Å²) in [6.07, 6.45) is 1.51. The average Bonchev–Trinajstić information content (AvgIpc) is 3.16. The van der Waals surface area contributed by atoms with Crippen LogP contribution >= 0.6 is 36.2 Å². The molecule has 6 nitrogen and oxygen atoms in total. The molecule has 1 fully saturated rings. The van der Waals surface area contributed by atoms with Gasteiger partial charge in [-0.05, 0) is 25.0 Å². The number of benzene rings is 1. The molecular weight excluding hydrogens is 426 g/mol. The molecular formula is C18H23Cl2FN4O2S. The molecule has 0 aliphatic carbocycles. The zero-order chi connectivity index (χ0) is 18.5. The van der Waals surface area contributed by atoms with Crippen LogP contribution in [0.15, 0.2) is 29.6 Å². The zero-order valence-corrected chi connectivity index (χ0v) is 17.5. The number of thiazole rings is 1. The minimum Gasteiger partial charge on any atom is -0.355 e. The number of halogens is 3. The van der Waals surface area contributed by atoms with E-state index in [1.54, 1.807) is 28.5 Å². The van der Waals surface area contributed by atoms with Crippen molar-refractivity contribution < 1.29 is 14.0 Å². The first-order valence-corrected chi connectivity index (χ1v) is 9.45. The Balaban J connectivity index is 0.00000196. The van der Waals surface area contributed by atoms with E-state index in [2.05, 4.69) is 10.3 Å². The van der Waals surface area contributed by atoms with Crippen LogP contribution in [0, 0.1) is 11.7 Å². The number of nitrogens with zero attached hydrogens (tertiary/aromatic N) is 2. The zero-order valence-electron chi connectivity index (χ0n) is 15.1. The van der Waals surface area contributed by atoms with Gasteiger partial charge in [-0.25, -0.2) is 9.37 Å². The Morgan fingerprint density at radius 2 is 2.07 bits per heavy atom. The van der Waals surface area contributed by atoms with Crippen LogP contribution in [0.3, 0.4) is 0 Å². The Hall–Kier alpha value is -1.74. The SMILES string of the molecule is Cl.Cl.NCCNC(=O)C1CCCN(C(=O)c2csc(-c3ccccc3F)n2)C1. The lowest BCUT2D eigenvalue weighted by molar-refractivity contribution is -0.126. The van der Waals surface area contributed by atoms with Gasteiger partial charge in [-0.2, -0.15) is 0 Å². The number of carbonyl (C=O) groups is 2. The maximum absolute atomic E-state index is 13.9. The van der Waals surface area contributed by atoms with E-state index in [0.29, 0.717) is 36.8 Å². The second kappa shape index (κ2) is 11.3. The van der Waals surface area contributed by atoms with Gasteiger partial charge < -0.3 is 16.0 Å². The Morgan fingerprint density at radius 1 is 1.32 bits per heavy atom. The van der Waals surface area contributed by atoms with E-state index in [4.69, 9.17) is 5.73 Å². The van der Waals surface area contributed by atoms with Gasteiger partial charge in [-0.1, -0.05) is 12.1 Å². The maximum Gasteiger partial charge on any atom is 0.273 e. The highest BCUT2D eigenvalue weighted by molar-refractivity contribution is 7.13. The van der Waals surface area contributed by atoms with Crippen molar-refractivity contribution in [1.82, 2.24) is 15.2 Å². The number of rotatable bonds is 5. The molecule has 1 atom stereocenters. The van der Waals surface area contributed by atoms with Crippen LogP contribution in [0.4, 0.5) is 4.39 Å². The van der Waals surface area contributed by atoms with Crippen molar-refractivity contribution in [3.63, 3.8) is 0 Å². The minimum absolute atomic E-state index is 0. The van der Waals surface area contributed by atoms with Crippen LogP contribution in [0.5, 0.6) is 0 Å². The fourth-order valence-corrected chi connectivity index (χ4v) is 3.83. The van der Waals surface area contributed by atoms with Gasteiger partial charge in [0.05, 0.1) is 5.92 Å². The number of nitrogens with one attached hydrogen (secondary N) is 1. The summed E-state index contributed by atoms with van der Waals surface area (Å²) in [5, 5.41) is 4.89. The molecule has 1 unspecified atom stereocenters. The molecule has 0 saturated carbocycles. The van der Waals surface area contributed by atoms with E-state index in [0.717, 1.165) is 12.8 Å². The van der Waals surface area contributed by atoms with Crippen molar-refractivity contribution in [2.24, 2.45) is 11.7 Å². The molecule has 2 aromatic rings. The van der Waals surface area contributed by atoms with E-state index in [9.17, 15) is 14.0 Å². The number of carbonyl (C=O) groups excluding carboxylic acids is 2. The summed E-state index contributed by atoms with van der Waals surface area (Å²) in [6, 6.07) is 6.35. The smallest absolute Gasteiger partial charge is 0.273 e. The Kier molecular flexibility index (Phi) is 9.81. The molecule has 3 rings (SSSR count). The first kappa shape index (κ1) is 24.3. The van der Waals surface area contributed by atoms with Crippen LogP contribution in [0.1, 0.15) is 23.3 Å². The van der Waals surface area contributed by atoms with Crippen LogP contribution in [0.25, 0.3) is 10.6 Å². The number of nitrogens with two attached hydrogens (primary N) is 1.